The lowest BCUT2D eigenvalue weighted by molar-refractivity contribution is 0.713. The number of benzene rings is 1. The van der Waals surface area contributed by atoms with Crippen LogP contribution in [-0.2, 0) is 13.6 Å². The maximum absolute atomic E-state index is 5.79. The topological polar surface area (TPSA) is 43.8 Å². The van der Waals surface area contributed by atoms with Gasteiger partial charge in [-0.15, -0.1) is 11.3 Å². The average molecular weight is 243 g/mol. The van der Waals surface area contributed by atoms with E-state index >= 15 is 0 Å². The minimum Gasteiger partial charge on any atom is -0.325 e. The summed E-state index contributed by atoms with van der Waals surface area (Å²) in [5.74, 6) is 0. The van der Waals surface area contributed by atoms with Crippen LogP contribution < -0.4 is 5.73 Å². The van der Waals surface area contributed by atoms with E-state index in [9.17, 15) is 0 Å². The van der Waals surface area contributed by atoms with E-state index in [1.807, 2.05) is 17.9 Å². The Kier molecular flexibility index (Phi) is 2.46. The summed E-state index contributed by atoms with van der Waals surface area (Å²) < 4.78 is 3.15. The zero-order chi connectivity index (χ0) is 11.8. The number of aromatic nitrogens is 2. The molecular formula is C13H13N3S. The fourth-order valence-electron chi connectivity index (χ4n) is 2.12. The van der Waals surface area contributed by atoms with Gasteiger partial charge in [0.25, 0.3) is 0 Å². The maximum Gasteiger partial charge on any atom is 0.0595 e. The van der Waals surface area contributed by atoms with Crippen LogP contribution in [0.25, 0.3) is 21.2 Å². The summed E-state index contributed by atoms with van der Waals surface area (Å²) in [5, 5.41) is 7.75. The van der Waals surface area contributed by atoms with Gasteiger partial charge in [-0.05, 0) is 11.4 Å². The Labute approximate surface area is 103 Å². The van der Waals surface area contributed by atoms with Gasteiger partial charge in [0.05, 0.1) is 11.9 Å². The standard InChI is InChI=1S/C13H13N3S/c1-16-12(6-14)10(7-15-16)11-8-17-13-5-3-2-4-9(11)13/h2-5,7-8H,6,14H2,1H3. The molecule has 0 aliphatic rings. The molecule has 0 atom stereocenters. The summed E-state index contributed by atoms with van der Waals surface area (Å²) in [5.41, 5.74) is 9.25. The average Bonchev–Trinajstić information content (AvgIpc) is 2.92. The molecule has 4 heteroatoms. The molecule has 2 N–H and O–H groups in total. The van der Waals surface area contributed by atoms with Crippen molar-refractivity contribution in [3.05, 3.63) is 41.5 Å². The monoisotopic (exact) mass is 243 g/mol. The Morgan fingerprint density at radius 1 is 1.29 bits per heavy atom. The number of fused-ring (bicyclic) bond motifs is 1. The van der Waals surface area contributed by atoms with Crippen LogP contribution in [0.2, 0.25) is 0 Å². The van der Waals surface area contributed by atoms with Crippen molar-refractivity contribution >= 4 is 21.4 Å². The van der Waals surface area contributed by atoms with E-state index in [2.05, 4.69) is 34.7 Å². The predicted octanol–water partition coefficient (Wildman–Crippen LogP) is 2.76. The van der Waals surface area contributed by atoms with Gasteiger partial charge in [-0.1, -0.05) is 18.2 Å². The van der Waals surface area contributed by atoms with Crippen LogP contribution >= 0.6 is 11.3 Å². The Hall–Kier alpha value is -1.65. The number of rotatable bonds is 2. The Bertz CT molecular complexity index is 666. The van der Waals surface area contributed by atoms with Gasteiger partial charge in [-0.2, -0.15) is 5.10 Å². The molecule has 2 heterocycles. The smallest absolute Gasteiger partial charge is 0.0595 e. The third kappa shape index (κ3) is 1.57. The SMILES string of the molecule is Cn1ncc(-c2csc3ccccc23)c1CN. The second-order valence-corrected chi connectivity index (χ2v) is 4.89. The van der Waals surface area contributed by atoms with Gasteiger partial charge in [-0.3, -0.25) is 4.68 Å². The first kappa shape index (κ1) is 10.5. The molecule has 0 unspecified atom stereocenters. The molecule has 0 fully saturated rings. The Morgan fingerprint density at radius 3 is 2.94 bits per heavy atom. The first-order valence-electron chi connectivity index (χ1n) is 5.49. The molecule has 0 radical (unpaired) electrons. The van der Waals surface area contributed by atoms with Gasteiger partial charge in [0.2, 0.25) is 0 Å². The van der Waals surface area contributed by atoms with E-state index in [4.69, 9.17) is 5.73 Å². The van der Waals surface area contributed by atoms with E-state index < -0.39 is 0 Å². The summed E-state index contributed by atoms with van der Waals surface area (Å²) in [7, 11) is 1.93. The largest absolute Gasteiger partial charge is 0.325 e. The molecule has 0 aliphatic heterocycles. The fourth-order valence-corrected chi connectivity index (χ4v) is 3.08. The molecule has 2 aromatic heterocycles. The third-order valence-electron chi connectivity index (χ3n) is 3.03. The van der Waals surface area contributed by atoms with E-state index in [1.165, 1.54) is 15.6 Å². The lowest BCUT2D eigenvalue weighted by Crippen LogP contribution is -2.05. The van der Waals surface area contributed by atoms with Crippen molar-refractivity contribution in [3.8, 4) is 11.1 Å². The molecular weight excluding hydrogens is 230 g/mol. The van der Waals surface area contributed by atoms with Crippen LogP contribution in [0, 0.1) is 0 Å². The molecule has 3 aromatic rings. The molecule has 3 nitrogen and oxygen atoms in total. The second kappa shape index (κ2) is 3.98. The molecule has 0 aliphatic carbocycles. The van der Waals surface area contributed by atoms with Crippen LogP contribution in [0.15, 0.2) is 35.8 Å². The van der Waals surface area contributed by atoms with Gasteiger partial charge in [0, 0.05) is 34.8 Å². The van der Waals surface area contributed by atoms with Gasteiger partial charge in [-0.25, -0.2) is 0 Å². The minimum absolute atomic E-state index is 0.510. The highest BCUT2D eigenvalue weighted by atomic mass is 32.1. The van der Waals surface area contributed by atoms with Crippen molar-refractivity contribution in [1.29, 1.82) is 0 Å². The summed E-state index contributed by atoms with van der Waals surface area (Å²) in [6.07, 6.45) is 1.90. The van der Waals surface area contributed by atoms with Crippen molar-refractivity contribution in [2.75, 3.05) is 0 Å². The number of nitrogens with two attached hydrogens (primary N) is 1. The van der Waals surface area contributed by atoms with Gasteiger partial charge in [0.15, 0.2) is 0 Å². The summed E-state index contributed by atoms with van der Waals surface area (Å²) >= 11 is 1.76. The minimum atomic E-state index is 0.510. The van der Waals surface area contributed by atoms with E-state index in [0.29, 0.717) is 6.54 Å². The number of hydrogen-bond acceptors (Lipinski definition) is 3. The molecule has 0 amide bonds. The zero-order valence-electron chi connectivity index (χ0n) is 9.55. The first-order valence-corrected chi connectivity index (χ1v) is 6.37. The molecule has 86 valence electrons. The molecule has 1 aromatic carbocycles. The van der Waals surface area contributed by atoms with Crippen LogP contribution in [-0.4, -0.2) is 9.78 Å². The van der Waals surface area contributed by atoms with Crippen molar-refractivity contribution in [2.45, 2.75) is 6.54 Å². The third-order valence-corrected chi connectivity index (χ3v) is 3.99. The Morgan fingerprint density at radius 2 is 2.12 bits per heavy atom. The maximum atomic E-state index is 5.79. The van der Waals surface area contributed by atoms with Crippen molar-refractivity contribution < 1.29 is 0 Å². The number of thiophene rings is 1. The number of aryl methyl sites for hydroxylation is 1. The lowest BCUT2D eigenvalue weighted by atomic mass is 10.1. The van der Waals surface area contributed by atoms with Crippen molar-refractivity contribution in [1.82, 2.24) is 9.78 Å². The van der Waals surface area contributed by atoms with Gasteiger partial charge >= 0.3 is 0 Å². The number of nitrogens with zero attached hydrogens (tertiary/aromatic N) is 2. The molecule has 3 rings (SSSR count). The summed E-state index contributed by atoms with van der Waals surface area (Å²) in [6, 6.07) is 8.42. The first-order chi connectivity index (χ1) is 8.31. The van der Waals surface area contributed by atoms with E-state index in [0.717, 1.165) is 11.3 Å². The van der Waals surface area contributed by atoms with Gasteiger partial charge in [0.1, 0.15) is 0 Å². The summed E-state index contributed by atoms with van der Waals surface area (Å²) in [6.45, 7) is 0.510. The van der Waals surface area contributed by atoms with Crippen LogP contribution in [0.4, 0.5) is 0 Å². The normalized spacial score (nSPS) is 11.2. The van der Waals surface area contributed by atoms with E-state index in [-0.39, 0.29) is 0 Å². The molecule has 0 saturated carbocycles. The fraction of sp³-hybridized carbons (Fsp3) is 0.154. The molecule has 17 heavy (non-hydrogen) atoms. The van der Waals surface area contributed by atoms with Crippen LogP contribution in [0.1, 0.15) is 5.69 Å². The van der Waals surface area contributed by atoms with E-state index in [1.54, 1.807) is 11.3 Å². The highest BCUT2D eigenvalue weighted by Gasteiger charge is 2.12. The van der Waals surface area contributed by atoms with Crippen molar-refractivity contribution in [3.63, 3.8) is 0 Å². The van der Waals surface area contributed by atoms with Crippen LogP contribution in [0.5, 0.6) is 0 Å². The highest BCUT2D eigenvalue weighted by Crippen LogP contribution is 2.35. The lowest BCUT2D eigenvalue weighted by Gasteiger charge is -2.02. The van der Waals surface area contributed by atoms with Gasteiger partial charge < -0.3 is 5.73 Å². The highest BCUT2D eigenvalue weighted by molar-refractivity contribution is 7.17. The van der Waals surface area contributed by atoms with Crippen LogP contribution in [0.3, 0.4) is 0 Å². The number of hydrogen-bond donors (Lipinski definition) is 1. The molecule has 0 bridgehead atoms. The predicted molar refractivity (Wildman–Crippen MR) is 71.9 cm³/mol. The van der Waals surface area contributed by atoms with Crippen molar-refractivity contribution in [2.24, 2.45) is 12.8 Å². The molecule has 0 saturated heterocycles. The molecule has 0 spiro atoms. The Balaban J connectivity index is 2.27. The quantitative estimate of drug-likeness (QED) is 0.752. The zero-order valence-corrected chi connectivity index (χ0v) is 10.4. The summed E-state index contributed by atoms with van der Waals surface area (Å²) in [4.78, 5) is 0. The second-order valence-electron chi connectivity index (χ2n) is 3.98.